The molecule has 6 atom stereocenters. The zero-order valence-electron chi connectivity index (χ0n) is 22.6. The Morgan fingerprint density at radius 2 is 1.45 bits per heavy atom. The van der Waals surface area contributed by atoms with Gasteiger partial charge in [0.25, 0.3) is 0 Å². The van der Waals surface area contributed by atoms with Gasteiger partial charge in [0.15, 0.2) is 18.3 Å². The number of carbonyl (C=O) groups is 6. The number of benzene rings is 1. The first-order chi connectivity index (χ1) is 18.7. The van der Waals surface area contributed by atoms with Crippen LogP contribution in [0.5, 0.6) is 0 Å². The molecule has 1 aromatic rings. The molecule has 0 aromatic heterocycles. The van der Waals surface area contributed by atoms with E-state index in [0.717, 1.165) is 34.6 Å². The quantitative estimate of drug-likeness (QED) is 0.198. The monoisotopic (exact) mass is 630 g/mol. The highest BCUT2D eigenvalue weighted by Gasteiger charge is 2.58. The minimum atomic E-state index is -2.01. The average molecular weight is 631 g/mol. The summed E-state index contributed by atoms with van der Waals surface area (Å²) in [4.78, 5) is 72.9. The molecule has 0 bridgehead atoms. The normalized spacial score (nSPS) is 23.5. The molecule has 40 heavy (non-hydrogen) atoms. The smallest absolute Gasteiger partial charge is 0.350 e. The zero-order valence-corrected chi connectivity index (χ0v) is 24.2. The van der Waals surface area contributed by atoms with E-state index in [1.54, 1.807) is 30.3 Å². The molecule has 0 radical (unpaired) electrons. The van der Waals surface area contributed by atoms with Crippen molar-refractivity contribution in [1.29, 1.82) is 0 Å². The van der Waals surface area contributed by atoms with Gasteiger partial charge in [-0.05, 0) is 21.5 Å². The first-order valence-electron chi connectivity index (χ1n) is 12.1. The van der Waals surface area contributed by atoms with Gasteiger partial charge in [0.05, 0.1) is 0 Å². The van der Waals surface area contributed by atoms with Gasteiger partial charge in [0, 0.05) is 41.0 Å². The lowest BCUT2D eigenvalue weighted by Crippen LogP contribution is -2.64. The number of ether oxygens (including phenoxy) is 7. The number of esters is 6. The van der Waals surface area contributed by atoms with Gasteiger partial charge in [-0.3, -0.25) is 24.0 Å². The topological polar surface area (TPSA) is 167 Å². The van der Waals surface area contributed by atoms with Crippen LogP contribution in [-0.2, 0) is 68.5 Å². The van der Waals surface area contributed by atoms with Crippen molar-refractivity contribution in [2.24, 2.45) is 0 Å². The molecule has 0 N–H and O–H groups in total. The molecule has 1 aliphatic rings. The van der Waals surface area contributed by atoms with Crippen LogP contribution < -0.4 is 0 Å². The van der Waals surface area contributed by atoms with E-state index in [0.29, 0.717) is 5.56 Å². The summed E-state index contributed by atoms with van der Waals surface area (Å²) in [6.45, 7) is 4.67. The molecule has 1 aliphatic heterocycles. The number of halogens is 1. The standard InChI is InChI=1S/C26H31BrO13/c1-14(28)34-13-21(37-16(3)30)23(39-18(5)32)24-22(38-17(4)31)20(36-15(2)29)11-26(27,40-24)25(33)35-12-19-9-7-6-8-10-19/h6-10,20-24H,11-13H2,1-5H3/t20-,21+,22+,23+,24+,26-/m0/s1. The lowest BCUT2D eigenvalue weighted by molar-refractivity contribution is -0.249. The lowest BCUT2D eigenvalue weighted by Gasteiger charge is -2.46. The minimum absolute atomic E-state index is 0.136. The van der Waals surface area contributed by atoms with Crippen LogP contribution in [0.15, 0.2) is 30.3 Å². The summed E-state index contributed by atoms with van der Waals surface area (Å²) in [5, 5.41) is 0. The van der Waals surface area contributed by atoms with Crippen LogP contribution in [0.3, 0.4) is 0 Å². The zero-order chi connectivity index (χ0) is 30.0. The fraction of sp³-hybridized carbons (Fsp3) is 0.538. The molecule has 0 aliphatic carbocycles. The molecule has 220 valence electrons. The third-order valence-corrected chi connectivity index (χ3v) is 6.21. The maximum Gasteiger partial charge on any atom is 0.350 e. The van der Waals surface area contributed by atoms with Crippen molar-refractivity contribution in [1.82, 2.24) is 0 Å². The van der Waals surface area contributed by atoms with Crippen molar-refractivity contribution in [2.75, 3.05) is 6.61 Å². The first-order valence-corrected chi connectivity index (χ1v) is 12.9. The average Bonchev–Trinajstić information content (AvgIpc) is 2.85. The number of carbonyl (C=O) groups excluding carboxylic acids is 6. The van der Waals surface area contributed by atoms with Gasteiger partial charge >= 0.3 is 35.8 Å². The lowest BCUT2D eigenvalue weighted by atomic mass is 9.91. The second-order valence-corrected chi connectivity index (χ2v) is 10.1. The molecular formula is C26H31BrO13. The van der Waals surface area contributed by atoms with E-state index in [1.807, 2.05) is 0 Å². The van der Waals surface area contributed by atoms with Gasteiger partial charge in [-0.25, -0.2) is 4.79 Å². The molecule has 0 spiro atoms. The van der Waals surface area contributed by atoms with Crippen LogP contribution in [0, 0.1) is 0 Å². The summed E-state index contributed by atoms with van der Waals surface area (Å²) in [5.41, 5.74) is 0.669. The fourth-order valence-electron chi connectivity index (χ4n) is 3.94. The van der Waals surface area contributed by atoms with Gasteiger partial charge < -0.3 is 33.2 Å². The van der Waals surface area contributed by atoms with E-state index in [1.165, 1.54) is 0 Å². The van der Waals surface area contributed by atoms with Crippen molar-refractivity contribution in [3.63, 3.8) is 0 Å². The predicted octanol–water partition coefficient (Wildman–Crippen LogP) is 1.90. The van der Waals surface area contributed by atoms with E-state index in [-0.39, 0.29) is 13.0 Å². The van der Waals surface area contributed by atoms with Crippen molar-refractivity contribution in [3.8, 4) is 0 Å². The molecule has 0 unspecified atom stereocenters. The summed E-state index contributed by atoms with van der Waals surface area (Å²) in [6, 6.07) is 8.75. The molecular weight excluding hydrogens is 600 g/mol. The maximum absolute atomic E-state index is 13.3. The van der Waals surface area contributed by atoms with Crippen LogP contribution >= 0.6 is 15.9 Å². The highest BCUT2D eigenvalue weighted by Crippen LogP contribution is 2.41. The van der Waals surface area contributed by atoms with Crippen LogP contribution in [0.25, 0.3) is 0 Å². The number of rotatable bonds is 11. The van der Waals surface area contributed by atoms with Crippen molar-refractivity contribution in [2.45, 2.75) is 82.7 Å². The van der Waals surface area contributed by atoms with E-state index in [2.05, 4.69) is 15.9 Å². The number of hydrogen-bond donors (Lipinski definition) is 0. The maximum atomic E-state index is 13.3. The van der Waals surface area contributed by atoms with Crippen LogP contribution in [0.2, 0.25) is 0 Å². The molecule has 2 rings (SSSR count). The van der Waals surface area contributed by atoms with E-state index < -0.39 is 77.5 Å². The Bertz CT molecular complexity index is 1090. The van der Waals surface area contributed by atoms with Crippen LogP contribution in [0.4, 0.5) is 0 Å². The molecule has 1 heterocycles. The van der Waals surface area contributed by atoms with Crippen molar-refractivity contribution in [3.05, 3.63) is 35.9 Å². The Labute approximate surface area is 238 Å². The van der Waals surface area contributed by atoms with Crippen molar-refractivity contribution >= 4 is 51.7 Å². The van der Waals surface area contributed by atoms with Crippen molar-refractivity contribution < 1.29 is 61.9 Å². The number of hydrogen-bond acceptors (Lipinski definition) is 13. The van der Waals surface area contributed by atoms with Gasteiger partial charge in [-0.1, -0.05) is 30.3 Å². The third kappa shape index (κ3) is 9.90. The Balaban J connectivity index is 2.56. The summed E-state index contributed by atoms with van der Waals surface area (Å²) in [5.74, 6) is -5.00. The van der Waals surface area contributed by atoms with Gasteiger partial charge in [0.1, 0.15) is 25.4 Å². The Hall–Kier alpha value is -3.52. The minimum Gasteiger partial charge on any atom is -0.462 e. The largest absolute Gasteiger partial charge is 0.462 e. The Kier molecular flexibility index (Phi) is 12.1. The second kappa shape index (κ2) is 14.7. The Morgan fingerprint density at radius 3 is 1.98 bits per heavy atom. The van der Waals surface area contributed by atoms with E-state index in [4.69, 9.17) is 33.2 Å². The van der Waals surface area contributed by atoms with Crippen LogP contribution in [0.1, 0.15) is 46.6 Å². The summed E-state index contributed by atoms with van der Waals surface area (Å²) >= 11 is 3.23. The van der Waals surface area contributed by atoms with E-state index >= 15 is 0 Å². The molecule has 1 aromatic carbocycles. The third-order valence-electron chi connectivity index (χ3n) is 5.37. The SMILES string of the molecule is CC(=O)OC[C@@H](OC(C)=O)[C@@H](OC(C)=O)[C@@H]1O[C@](Br)(C(=O)OCc2ccccc2)C[C@H](OC(C)=O)[C@H]1OC(C)=O. The Morgan fingerprint density at radius 1 is 0.850 bits per heavy atom. The summed E-state index contributed by atoms with van der Waals surface area (Å²) in [7, 11) is 0. The molecule has 0 saturated carbocycles. The van der Waals surface area contributed by atoms with Gasteiger partial charge in [-0.2, -0.15) is 0 Å². The highest BCUT2D eigenvalue weighted by atomic mass is 79.9. The fourth-order valence-corrected chi connectivity index (χ4v) is 4.59. The van der Waals surface area contributed by atoms with Crippen LogP contribution in [-0.4, -0.2) is 77.5 Å². The molecule has 1 saturated heterocycles. The molecule has 13 nitrogen and oxygen atoms in total. The van der Waals surface area contributed by atoms with Gasteiger partial charge in [-0.15, -0.1) is 0 Å². The molecule has 14 heteroatoms. The second-order valence-electron chi connectivity index (χ2n) is 8.82. The highest BCUT2D eigenvalue weighted by molar-refractivity contribution is 9.10. The first kappa shape index (κ1) is 32.7. The molecule has 0 amide bonds. The predicted molar refractivity (Wildman–Crippen MR) is 136 cm³/mol. The number of alkyl halides is 1. The summed E-state index contributed by atoms with van der Waals surface area (Å²) in [6.07, 6.45) is -7.88. The van der Waals surface area contributed by atoms with Gasteiger partial charge in [0.2, 0.25) is 4.51 Å². The molecule has 1 fully saturated rings. The summed E-state index contributed by atoms with van der Waals surface area (Å²) < 4.78 is 35.9. The van der Waals surface area contributed by atoms with E-state index in [9.17, 15) is 28.8 Å².